The van der Waals surface area contributed by atoms with Crippen LogP contribution in [0.4, 0.5) is 0 Å². The largest absolute Gasteiger partial charge is 0.393 e. The summed E-state index contributed by atoms with van der Waals surface area (Å²) in [5.41, 5.74) is 2.76. The van der Waals surface area contributed by atoms with Crippen LogP contribution >= 0.6 is 0 Å². The Hall–Kier alpha value is -1.84. The van der Waals surface area contributed by atoms with E-state index in [1.54, 1.807) is 0 Å². The number of hydrogen-bond donors (Lipinski definition) is 1. The summed E-state index contributed by atoms with van der Waals surface area (Å²) in [6.07, 6.45) is 1.81. The number of carbonyl (C=O) groups excluding carboxylic acids is 1. The van der Waals surface area contributed by atoms with E-state index in [-0.39, 0.29) is 12.0 Å². The van der Waals surface area contributed by atoms with E-state index in [9.17, 15) is 4.79 Å². The van der Waals surface area contributed by atoms with E-state index in [0.29, 0.717) is 12.1 Å². The molecule has 110 valence electrons. The molecule has 0 radical (unpaired) electrons. The highest BCUT2D eigenvalue weighted by molar-refractivity contribution is 5.94. The number of aryl methyl sites for hydroxylation is 1. The van der Waals surface area contributed by atoms with Gasteiger partial charge in [0.25, 0.3) is 5.91 Å². The summed E-state index contributed by atoms with van der Waals surface area (Å²) < 4.78 is 0. The van der Waals surface area contributed by atoms with Crippen molar-refractivity contribution in [3.05, 3.63) is 35.4 Å². The molecule has 0 fully saturated rings. The molecule has 1 atom stereocenters. The summed E-state index contributed by atoms with van der Waals surface area (Å²) in [4.78, 5) is 17.1. The number of hydrogen-bond acceptors (Lipinski definition) is 3. The molecule has 4 heteroatoms. The zero-order chi connectivity index (χ0) is 15.0. The van der Waals surface area contributed by atoms with Crippen LogP contribution in [-0.4, -0.2) is 24.3 Å². The number of benzene rings is 1. The van der Waals surface area contributed by atoms with Gasteiger partial charge in [0.2, 0.25) is 0 Å². The van der Waals surface area contributed by atoms with Gasteiger partial charge in [0.05, 0.1) is 5.71 Å². The predicted octanol–water partition coefficient (Wildman–Crippen LogP) is 3.31. The fourth-order valence-electron chi connectivity index (χ4n) is 1.65. The van der Waals surface area contributed by atoms with Gasteiger partial charge in [-0.1, -0.05) is 22.9 Å². The van der Waals surface area contributed by atoms with E-state index in [2.05, 4.69) is 10.5 Å². The molecular formula is C16H24N2O2. The van der Waals surface area contributed by atoms with E-state index in [1.165, 1.54) is 0 Å². The van der Waals surface area contributed by atoms with E-state index < -0.39 is 0 Å². The minimum atomic E-state index is -0.0269. The molecule has 0 saturated carbocycles. The van der Waals surface area contributed by atoms with Gasteiger partial charge in [0, 0.05) is 12.1 Å². The summed E-state index contributed by atoms with van der Waals surface area (Å²) in [5.74, 6) is -0.0269. The first-order valence-electron chi connectivity index (χ1n) is 7.01. The van der Waals surface area contributed by atoms with E-state index in [1.807, 2.05) is 52.0 Å². The second kappa shape index (κ2) is 8.35. The van der Waals surface area contributed by atoms with E-state index >= 15 is 0 Å². The van der Waals surface area contributed by atoms with Crippen molar-refractivity contribution in [3.8, 4) is 0 Å². The third-order valence-corrected chi connectivity index (χ3v) is 2.80. The molecule has 0 aliphatic rings. The van der Waals surface area contributed by atoms with Gasteiger partial charge in [0.1, 0.15) is 6.10 Å². The first-order chi connectivity index (χ1) is 9.49. The molecule has 1 rings (SSSR count). The molecule has 0 heterocycles. The quantitative estimate of drug-likeness (QED) is 0.472. The fraction of sp³-hybridized carbons (Fsp3) is 0.500. The molecule has 20 heavy (non-hydrogen) atoms. The predicted molar refractivity (Wildman–Crippen MR) is 82.1 cm³/mol. The molecule has 0 bridgehead atoms. The first kappa shape index (κ1) is 16.2. The molecule has 1 unspecified atom stereocenters. The van der Waals surface area contributed by atoms with Crippen LogP contribution in [0.5, 0.6) is 0 Å². The summed E-state index contributed by atoms with van der Waals surface area (Å²) in [6.45, 7) is 8.43. The molecule has 0 aliphatic carbocycles. The molecule has 1 amide bonds. The van der Waals surface area contributed by atoms with Gasteiger partial charge in [-0.05, 0) is 52.7 Å². The third-order valence-electron chi connectivity index (χ3n) is 2.80. The Morgan fingerprint density at radius 3 is 2.55 bits per heavy atom. The second-order valence-corrected chi connectivity index (χ2v) is 5.22. The fourth-order valence-corrected chi connectivity index (χ4v) is 1.65. The van der Waals surface area contributed by atoms with Crippen molar-refractivity contribution in [3.63, 3.8) is 0 Å². The standard InChI is InChI=1S/C16H24N2O2/c1-12(2)18-20-14(4)6-5-11-17-16(19)15-9-7-13(3)8-10-15/h7-10,14H,5-6,11H2,1-4H3,(H,17,19). The van der Waals surface area contributed by atoms with Gasteiger partial charge in [-0.15, -0.1) is 0 Å². The maximum atomic E-state index is 11.9. The highest BCUT2D eigenvalue weighted by atomic mass is 16.6. The minimum Gasteiger partial charge on any atom is -0.393 e. The molecule has 0 spiro atoms. The molecule has 0 saturated heterocycles. The normalized spacial score (nSPS) is 11.6. The van der Waals surface area contributed by atoms with Crippen LogP contribution in [0.15, 0.2) is 29.4 Å². The maximum absolute atomic E-state index is 11.9. The van der Waals surface area contributed by atoms with Gasteiger partial charge in [-0.3, -0.25) is 4.79 Å². The average molecular weight is 276 g/mol. The average Bonchev–Trinajstić information content (AvgIpc) is 2.42. The first-order valence-corrected chi connectivity index (χ1v) is 7.01. The molecule has 0 aliphatic heterocycles. The highest BCUT2D eigenvalue weighted by Gasteiger charge is 2.05. The highest BCUT2D eigenvalue weighted by Crippen LogP contribution is 2.04. The molecule has 1 N–H and O–H groups in total. The van der Waals surface area contributed by atoms with Crippen LogP contribution in [0, 0.1) is 6.92 Å². The van der Waals surface area contributed by atoms with Crippen LogP contribution in [0.2, 0.25) is 0 Å². The number of carbonyl (C=O) groups is 1. The van der Waals surface area contributed by atoms with Crippen molar-refractivity contribution in [2.24, 2.45) is 5.16 Å². The van der Waals surface area contributed by atoms with E-state index in [4.69, 9.17) is 4.84 Å². The van der Waals surface area contributed by atoms with Crippen LogP contribution in [0.1, 0.15) is 49.5 Å². The molecule has 4 nitrogen and oxygen atoms in total. The van der Waals surface area contributed by atoms with Crippen LogP contribution in [0.25, 0.3) is 0 Å². The maximum Gasteiger partial charge on any atom is 0.251 e. The van der Waals surface area contributed by atoms with Crippen molar-refractivity contribution in [2.75, 3.05) is 6.54 Å². The lowest BCUT2D eigenvalue weighted by Crippen LogP contribution is -2.25. The third kappa shape index (κ3) is 6.36. The Kier molecular flexibility index (Phi) is 6.77. The summed E-state index contributed by atoms with van der Waals surface area (Å²) >= 11 is 0. The molecule has 1 aromatic carbocycles. The van der Waals surface area contributed by atoms with Crippen molar-refractivity contribution in [1.29, 1.82) is 0 Å². The number of oxime groups is 1. The number of nitrogens with zero attached hydrogens (tertiary/aromatic N) is 1. The Balaban J connectivity index is 2.22. The number of nitrogens with one attached hydrogen (secondary N) is 1. The second-order valence-electron chi connectivity index (χ2n) is 5.22. The Labute approximate surface area is 121 Å². The zero-order valence-electron chi connectivity index (χ0n) is 12.8. The molecule has 1 aromatic rings. The van der Waals surface area contributed by atoms with Gasteiger partial charge < -0.3 is 10.2 Å². The zero-order valence-corrected chi connectivity index (χ0v) is 12.8. The van der Waals surface area contributed by atoms with Crippen LogP contribution in [-0.2, 0) is 4.84 Å². The SMILES string of the molecule is CC(C)=NOC(C)CCCNC(=O)c1ccc(C)cc1. The van der Waals surface area contributed by atoms with Crippen molar-refractivity contribution >= 4 is 11.6 Å². The van der Waals surface area contributed by atoms with Gasteiger partial charge in [0.15, 0.2) is 0 Å². The Morgan fingerprint density at radius 2 is 1.95 bits per heavy atom. The van der Waals surface area contributed by atoms with Crippen LogP contribution in [0.3, 0.4) is 0 Å². The number of amides is 1. The van der Waals surface area contributed by atoms with Crippen LogP contribution < -0.4 is 5.32 Å². The molecular weight excluding hydrogens is 252 g/mol. The van der Waals surface area contributed by atoms with Crippen molar-refractivity contribution in [2.45, 2.75) is 46.6 Å². The minimum absolute atomic E-state index is 0.0269. The van der Waals surface area contributed by atoms with Crippen molar-refractivity contribution < 1.29 is 9.63 Å². The summed E-state index contributed by atoms with van der Waals surface area (Å²) in [5, 5.41) is 6.83. The van der Waals surface area contributed by atoms with E-state index in [0.717, 1.165) is 24.1 Å². The summed E-state index contributed by atoms with van der Waals surface area (Å²) in [7, 11) is 0. The number of rotatable bonds is 7. The topological polar surface area (TPSA) is 50.7 Å². The Morgan fingerprint density at radius 1 is 1.30 bits per heavy atom. The lowest BCUT2D eigenvalue weighted by Gasteiger charge is -2.10. The monoisotopic (exact) mass is 276 g/mol. The van der Waals surface area contributed by atoms with Gasteiger partial charge >= 0.3 is 0 Å². The van der Waals surface area contributed by atoms with Gasteiger partial charge in [-0.25, -0.2) is 0 Å². The summed E-state index contributed by atoms with van der Waals surface area (Å²) in [6, 6.07) is 7.57. The van der Waals surface area contributed by atoms with Crippen molar-refractivity contribution in [1.82, 2.24) is 5.32 Å². The smallest absolute Gasteiger partial charge is 0.251 e. The lowest BCUT2D eigenvalue weighted by atomic mass is 10.1. The lowest BCUT2D eigenvalue weighted by molar-refractivity contribution is 0.0643. The molecule has 0 aromatic heterocycles. The Bertz CT molecular complexity index is 448. The van der Waals surface area contributed by atoms with Gasteiger partial charge in [-0.2, -0.15) is 0 Å².